The van der Waals surface area contributed by atoms with E-state index in [9.17, 15) is 29.1 Å². The predicted octanol–water partition coefficient (Wildman–Crippen LogP) is -4.11. The number of carbonyl (C=O) groups is 5. The van der Waals surface area contributed by atoms with Crippen LogP contribution in [0.25, 0.3) is 0 Å². The Morgan fingerprint density at radius 3 is 1.96 bits per heavy atom. The van der Waals surface area contributed by atoms with Crippen LogP contribution in [0.5, 0.6) is 0 Å². The minimum atomic E-state index is -1.65. The van der Waals surface area contributed by atoms with E-state index in [4.69, 9.17) is 22.3 Å². The van der Waals surface area contributed by atoms with Crippen LogP contribution < -0.4 is 27.8 Å². The second-order valence-corrected chi connectivity index (χ2v) is 5.41. The zero-order chi connectivity index (χ0) is 19.7. The Balaban J connectivity index is 5.01. The van der Waals surface area contributed by atoms with Gasteiger partial charge < -0.3 is 38.0 Å². The van der Waals surface area contributed by atoms with E-state index in [1.807, 2.05) is 5.32 Å². The minimum absolute atomic E-state index is 0.0858. The topological polar surface area (TPSA) is 228 Å². The number of aliphatic carboxylic acids is 1. The lowest BCUT2D eigenvalue weighted by Crippen LogP contribution is -2.57. The molecule has 0 aromatic rings. The summed E-state index contributed by atoms with van der Waals surface area (Å²) in [6, 6.07) is -4.32. The zero-order valence-electron chi connectivity index (χ0n) is 13.6. The average Bonchev–Trinajstić information content (AvgIpc) is 2.47. The number of carboxylic acid groups (broad SMARTS) is 1. The van der Waals surface area contributed by atoms with Gasteiger partial charge in [-0.15, -0.1) is 0 Å². The van der Waals surface area contributed by atoms with Crippen LogP contribution in [0.2, 0.25) is 0 Å². The third-order valence-electron chi connectivity index (χ3n) is 3.12. The standard InChI is InChI=1S/C13H23N5O7/c1-5(19)10(13(24)25)18-12(23)7(4-9(16)21)17-11(22)6(14)2-3-8(15)20/h5-7,10,19H,2-4,14H2,1H3,(H2,15,20)(H2,16,21)(H,17,22)(H,18,23)(H,24,25)/t5-,6+,7+,10+/m1/s1. The van der Waals surface area contributed by atoms with Crippen molar-refractivity contribution in [3.05, 3.63) is 0 Å². The quantitative estimate of drug-likeness (QED) is 0.191. The number of hydrogen-bond donors (Lipinski definition) is 7. The summed E-state index contributed by atoms with van der Waals surface area (Å²) in [6.07, 6.45) is -2.29. The third kappa shape index (κ3) is 8.62. The normalized spacial score (nSPS) is 15.3. The molecule has 10 N–H and O–H groups in total. The van der Waals surface area contributed by atoms with Crippen molar-refractivity contribution >= 4 is 29.6 Å². The van der Waals surface area contributed by atoms with Crippen molar-refractivity contribution in [1.82, 2.24) is 10.6 Å². The summed E-state index contributed by atoms with van der Waals surface area (Å²) in [4.78, 5) is 56.8. The van der Waals surface area contributed by atoms with Gasteiger partial charge >= 0.3 is 5.97 Å². The number of hydrogen-bond acceptors (Lipinski definition) is 7. The Morgan fingerprint density at radius 1 is 1.00 bits per heavy atom. The first-order chi connectivity index (χ1) is 11.5. The fourth-order valence-electron chi connectivity index (χ4n) is 1.76. The molecular weight excluding hydrogens is 338 g/mol. The van der Waals surface area contributed by atoms with Gasteiger partial charge in [-0.2, -0.15) is 0 Å². The highest BCUT2D eigenvalue weighted by Gasteiger charge is 2.31. The van der Waals surface area contributed by atoms with E-state index in [0.29, 0.717) is 0 Å². The minimum Gasteiger partial charge on any atom is -0.480 e. The van der Waals surface area contributed by atoms with E-state index in [-0.39, 0.29) is 12.8 Å². The molecule has 12 nitrogen and oxygen atoms in total. The number of amides is 4. The lowest BCUT2D eigenvalue weighted by molar-refractivity contribution is -0.145. The number of aliphatic hydroxyl groups excluding tert-OH is 1. The van der Waals surface area contributed by atoms with Gasteiger partial charge in [0.2, 0.25) is 23.6 Å². The molecule has 0 spiro atoms. The first-order valence-electron chi connectivity index (χ1n) is 7.29. The first kappa shape index (κ1) is 22.3. The van der Waals surface area contributed by atoms with Crippen LogP contribution in [0.1, 0.15) is 26.2 Å². The molecule has 0 aliphatic rings. The molecular formula is C13H23N5O7. The maximum absolute atomic E-state index is 12.1. The van der Waals surface area contributed by atoms with Crippen molar-refractivity contribution in [2.45, 2.75) is 50.4 Å². The van der Waals surface area contributed by atoms with E-state index in [2.05, 4.69) is 5.32 Å². The largest absolute Gasteiger partial charge is 0.480 e. The van der Waals surface area contributed by atoms with Gasteiger partial charge in [0, 0.05) is 6.42 Å². The number of aliphatic hydroxyl groups is 1. The molecule has 0 aliphatic heterocycles. The molecule has 4 amide bonds. The highest BCUT2D eigenvalue weighted by atomic mass is 16.4. The van der Waals surface area contributed by atoms with Crippen molar-refractivity contribution in [3.63, 3.8) is 0 Å². The van der Waals surface area contributed by atoms with Crippen LogP contribution in [0.15, 0.2) is 0 Å². The van der Waals surface area contributed by atoms with Crippen LogP contribution in [-0.2, 0) is 24.0 Å². The van der Waals surface area contributed by atoms with Gasteiger partial charge in [-0.05, 0) is 13.3 Å². The molecule has 25 heavy (non-hydrogen) atoms. The summed E-state index contributed by atoms with van der Waals surface area (Å²) in [5.41, 5.74) is 15.5. The maximum Gasteiger partial charge on any atom is 0.328 e. The molecule has 0 saturated heterocycles. The number of nitrogens with two attached hydrogens (primary N) is 3. The monoisotopic (exact) mass is 361 g/mol. The van der Waals surface area contributed by atoms with Crippen LogP contribution in [0.3, 0.4) is 0 Å². The summed E-state index contributed by atoms with van der Waals surface area (Å²) >= 11 is 0. The molecule has 0 saturated carbocycles. The second kappa shape index (κ2) is 10.2. The third-order valence-corrected chi connectivity index (χ3v) is 3.12. The van der Waals surface area contributed by atoms with Crippen LogP contribution in [0.4, 0.5) is 0 Å². The molecule has 0 rings (SSSR count). The molecule has 0 bridgehead atoms. The molecule has 142 valence electrons. The summed E-state index contributed by atoms with van der Waals surface area (Å²) in [5, 5.41) is 22.4. The van der Waals surface area contributed by atoms with Crippen LogP contribution >= 0.6 is 0 Å². The van der Waals surface area contributed by atoms with Crippen molar-refractivity contribution in [2.24, 2.45) is 17.2 Å². The lowest BCUT2D eigenvalue weighted by atomic mass is 10.1. The maximum atomic E-state index is 12.1. The van der Waals surface area contributed by atoms with Gasteiger partial charge in [-0.25, -0.2) is 4.79 Å². The Hall–Kier alpha value is -2.73. The number of nitrogens with one attached hydrogen (secondary N) is 2. The summed E-state index contributed by atoms with van der Waals surface area (Å²) < 4.78 is 0. The zero-order valence-corrected chi connectivity index (χ0v) is 13.6. The number of rotatable bonds is 11. The van der Waals surface area contributed by atoms with Crippen molar-refractivity contribution in [1.29, 1.82) is 0 Å². The van der Waals surface area contributed by atoms with E-state index in [0.717, 1.165) is 6.92 Å². The Bertz CT molecular complexity index is 537. The molecule has 0 heterocycles. The summed E-state index contributed by atoms with van der Waals surface area (Å²) in [7, 11) is 0. The van der Waals surface area contributed by atoms with Crippen molar-refractivity contribution < 1.29 is 34.2 Å². The van der Waals surface area contributed by atoms with E-state index >= 15 is 0 Å². The Kier molecular flexibility index (Phi) is 9.09. The summed E-state index contributed by atoms with van der Waals surface area (Å²) in [5.74, 6) is -5.01. The lowest BCUT2D eigenvalue weighted by Gasteiger charge is -2.23. The van der Waals surface area contributed by atoms with E-state index in [1.54, 1.807) is 0 Å². The van der Waals surface area contributed by atoms with Crippen molar-refractivity contribution in [2.75, 3.05) is 0 Å². The van der Waals surface area contributed by atoms with Gasteiger partial charge in [0.1, 0.15) is 6.04 Å². The molecule has 0 aromatic carbocycles. The van der Waals surface area contributed by atoms with Gasteiger partial charge in [-0.3, -0.25) is 19.2 Å². The fraction of sp³-hybridized carbons (Fsp3) is 0.615. The second-order valence-electron chi connectivity index (χ2n) is 5.41. The molecule has 0 unspecified atom stereocenters. The van der Waals surface area contributed by atoms with Crippen LogP contribution in [0, 0.1) is 0 Å². The van der Waals surface area contributed by atoms with Gasteiger partial charge in [0.15, 0.2) is 6.04 Å². The summed E-state index contributed by atoms with van der Waals surface area (Å²) in [6.45, 7) is 1.14. The van der Waals surface area contributed by atoms with Gasteiger partial charge in [0.25, 0.3) is 0 Å². The molecule has 0 radical (unpaired) electrons. The van der Waals surface area contributed by atoms with E-state index in [1.165, 1.54) is 0 Å². The molecule has 0 fully saturated rings. The molecule has 12 heteroatoms. The van der Waals surface area contributed by atoms with Crippen LogP contribution in [-0.4, -0.2) is 64.0 Å². The fourth-order valence-corrected chi connectivity index (χ4v) is 1.76. The average molecular weight is 361 g/mol. The Morgan fingerprint density at radius 2 is 1.56 bits per heavy atom. The smallest absolute Gasteiger partial charge is 0.328 e. The first-order valence-corrected chi connectivity index (χ1v) is 7.29. The SMILES string of the molecule is C[C@@H](O)[C@H](NC(=O)[C@H](CC(N)=O)NC(=O)[C@@H](N)CCC(N)=O)C(=O)O. The Labute approximate surface area is 143 Å². The number of carbonyl (C=O) groups excluding carboxylic acids is 4. The molecule has 0 aromatic heterocycles. The predicted molar refractivity (Wildman–Crippen MR) is 83.4 cm³/mol. The van der Waals surface area contributed by atoms with Gasteiger partial charge in [0.05, 0.1) is 18.6 Å². The highest BCUT2D eigenvalue weighted by molar-refractivity contribution is 5.94. The van der Waals surface area contributed by atoms with E-state index < -0.39 is 60.2 Å². The van der Waals surface area contributed by atoms with Gasteiger partial charge in [-0.1, -0.05) is 0 Å². The number of carboxylic acids is 1. The van der Waals surface area contributed by atoms with Crippen molar-refractivity contribution in [3.8, 4) is 0 Å². The molecule has 0 aliphatic carbocycles. The number of primary amides is 2. The highest BCUT2D eigenvalue weighted by Crippen LogP contribution is 2.00. The molecule has 4 atom stereocenters.